The van der Waals surface area contributed by atoms with Gasteiger partial charge in [-0.2, -0.15) is 15.3 Å². The van der Waals surface area contributed by atoms with Gasteiger partial charge in [0.2, 0.25) is 0 Å². The third-order valence-corrected chi connectivity index (χ3v) is 9.59. The first kappa shape index (κ1) is 47.5. The quantitative estimate of drug-likeness (QED) is 0.0835. The molecule has 2 N–H and O–H groups in total. The van der Waals surface area contributed by atoms with Gasteiger partial charge in [0.05, 0.1) is 38.9 Å². The molecule has 264 valence electrons. The largest absolute Gasteiger partial charge is 1.00 e. The Morgan fingerprint density at radius 3 is 1.76 bits per heavy atom. The Kier molecular flexibility index (Phi) is 17.1. The maximum Gasteiger partial charge on any atom is 1.00 e. The van der Waals surface area contributed by atoms with Crippen LogP contribution in [0.4, 0.5) is 38.9 Å². The summed E-state index contributed by atoms with van der Waals surface area (Å²) in [6.07, 6.45) is 0. The van der Waals surface area contributed by atoms with Crippen molar-refractivity contribution in [2.75, 3.05) is 17.7 Å². The number of benzene rings is 5. The zero-order chi connectivity index (χ0) is 37.1. The number of urea groups is 1. The van der Waals surface area contributed by atoms with Crippen molar-refractivity contribution >= 4 is 81.3 Å². The molecule has 0 saturated carbocycles. The summed E-state index contributed by atoms with van der Waals surface area (Å²) in [7, 11) is -13.5. The Morgan fingerprint density at radius 1 is 0.593 bits per heavy atom. The Hall–Kier alpha value is -2.64. The molecular weight excluding hydrogens is 798 g/mol. The second-order valence-corrected chi connectivity index (χ2v) is 14.6. The summed E-state index contributed by atoms with van der Waals surface area (Å²) in [5.41, 5.74) is 1.58. The molecule has 5 aromatic rings. The molecule has 2 amide bonds. The maximum absolute atomic E-state index is 12.8. The SMILES string of the molecule is COc1cc(NC(=O)Nc2ccc(N=Nc3cc(S(=O)(=O)[O-])c4cccc(S(=O)(=O)[O-])c4c3)c(C)c2)ccc1N=Nc1cccc(S(=O)(=O)[O-])c1.[Na+].[Na+].[Na+]. The number of amides is 2. The molecule has 0 atom stereocenters. The van der Waals surface area contributed by atoms with Gasteiger partial charge in [-0.1, -0.05) is 18.2 Å². The molecule has 0 spiro atoms. The van der Waals surface area contributed by atoms with Crippen LogP contribution in [0.25, 0.3) is 10.8 Å². The van der Waals surface area contributed by atoms with Gasteiger partial charge in [0.15, 0.2) is 0 Å². The summed E-state index contributed by atoms with van der Waals surface area (Å²) < 4.78 is 110. The molecule has 54 heavy (non-hydrogen) atoms. The fourth-order valence-corrected chi connectivity index (χ4v) is 6.60. The molecule has 0 saturated heterocycles. The number of ether oxygens (including phenoxy) is 1. The number of fused-ring (bicyclic) bond motifs is 1. The van der Waals surface area contributed by atoms with Crippen LogP contribution in [-0.4, -0.2) is 52.1 Å². The number of rotatable bonds is 10. The van der Waals surface area contributed by atoms with Crippen LogP contribution in [0.3, 0.4) is 0 Å². The molecule has 0 aromatic heterocycles. The van der Waals surface area contributed by atoms with E-state index in [9.17, 15) is 43.7 Å². The topological polar surface area (TPSA) is 271 Å². The molecule has 0 aliphatic heterocycles. The number of nitrogens with one attached hydrogen (secondary N) is 2. The summed E-state index contributed by atoms with van der Waals surface area (Å²) in [6, 6.07) is 18.7. The predicted molar refractivity (Wildman–Crippen MR) is 179 cm³/mol. The molecule has 0 unspecified atom stereocenters. The van der Waals surface area contributed by atoms with E-state index < -0.39 is 51.1 Å². The predicted octanol–water partition coefficient (Wildman–Crippen LogP) is -2.64. The van der Waals surface area contributed by atoms with Crippen molar-refractivity contribution in [1.82, 2.24) is 0 Å². The number of hydrogen-bond donors (Lipinski definition) is 2. The average molecular weight is 821 g/mol. The molecule has 0 radical (unpaired) electrons. The van der Waals surface area contributed by atoms with Gasteiger partial charge in [0, 0.05) is 28.2 Å². The number of methoxy groups -OCH3 is 1. The number of nitrogens with zero attached hydrogens (tertiary/aromatic N) is 4. The van der Waals surface area contributed by atoms with Crippen molar-refractivity contribution in [3.05, 3.63) is 96.6 Å². The number of azo groups is 2. The average Bonchev–Trinajstić information content (AvgIpc) is 3.05. The molecule has 17 nitrogen and oxygen atoms in total. The van der Waals surface area contributed by atoms with E-state index in [1.54, 1.807) is 13.0 Å². The first-order valence-electron chi connectivity index (χ1n) is 14.2. The first-order chi connectivity index (χ1) is 23.9. The third-order valence-electron chi connectivity index (χ3n) is 6.99. The minimum atomic E-state index is -5.11. The molecule has 5 aromatic carbocycles. The molecule has 0 bridgehead atoms. The molecule has 0 heterocycles. The minimum Gasteiger partial charge on any atom is -0.744 e. The summed E-state index contributed by atoms with van der Waals surface area (Å²) in [6.45, 7) is 1.64. The van der Waals surface area contributed by atoms with Crippen molar-refractivity contribution in [3.8, 4) is 5.75 Å². The van der Waals surface area contributed by atoms with Crippen LogP contribution >= 0.6 is 0 Å². The van der Waals surface area contributed by atoms with E-state index in [0.717, 1.165) is 36.4 Å². The van der Waals surface area contributed by atoms with Crippen molar-refractivity contribution in [2.45, 2.75) is 21.6 Å². The van der Waals surface area contributed by atoms with Gasteiger partial charge in [-0.05, 0) is 79.2 Å². The molecule has 0 aliphatic rings. The molecule has 0 fully saturated rings. The van der Waals surface area contributed by atoms with Gasteiger partial charge in [0.1, 0.15) is 41.8 Å². The van der Waals surface area contributed by atoms with Crippen molar-refractivity contribution in [3.63, 3.8) is 0 Å². The summed E-state index contributed by atoms with van der Waals surface area (Å²) in [5, 5.41) is 20.7. The Morgan fingerprint density at radius 2 is 1.17 bits per heavy atom. The summed E-state index contributed by atoms with van der Waals surface area (Å²) in [5.74, 6) is 0.215. The van der Waals surface area contributed by atoms with Crippen LogP contribution < -0.4 is 104 Å². The van der Waals surface area contributed by atoms with Gasteiger partial charge in [-0.3, -0.25) is 0 Å². The fraction of sp³-hybridized carbons (Fsp3) is 0.0645. The van der Waals surface area contributed by atoms with Gasteiger partial charge in [-0.15, -0.1) is 5.11 Å². The van der Waals surface area contributed by atoms with E-state index in [-0.39, 0.29) is 128 Å². The Labute approximate surface area is 376 Å². The second-order valence-electron chi connectivity index (χ2n) is 10.5. The number of carbonyl (C=O) groups excluding carboxylic acids is 1. The zero-order valence-electron chi connectivity index (χ0n) is 29.2. The van der Waals surface area contributed by atoms with Crippen LogP contribution in [0, 0.1) is 6.92 Å². The van der Waals surface area contributed by atoms with Crippen molar-refractivity contribution in [1.29, 1.82) is 0 Å². The third kappa shape index (κ3) is 12.2. The van der Waals surface area contributed by atoms with Crippen LogP contribution in [0.1, 0.15) is 5.56 Å². The van der Waals surface area contributed by atoms with Crippen molar-refractivity contribution < 1.29 is 137 Å². The van der Waals surface area contributed by atoms with Gasteiger partial charge in [-0.25, -0.2) is 30.0 Å². The fourth-order valence-electron chi connectivity index (χ4n) is 4.69. The van der Waals surface area contributed by atoms with Gasteiger partial charge in [0.25, 0.3) is 0 Å². The second kappa shape index (κ2) is 19.5. The van der Waals surface area contributed by atoms with Crippen LogP contribution in [0.5, 0.6) is 5.75 Å². The molecule has 0 aliphatic carbocycles. The van der Waals surface area contributed by atoms with Gasteiger partial charge < -0.3 is 29.0 Å². The minimum absolute atomic E-state index is 0. The molecule has 23 heteroatoms. The molecule has 5 rings (SSSR count). The van der Waals surface area contributed by atoms with E-state index in [0.29, 0.717) is 16.9 Å². The maximum atomic E-state index is 12.8. The van der Waals surface area contributed by atoms with E-state index in [1.165, 1.54) is 55.6 Å². The van der Waals surface area contributed by atoms with Crippen LogP contribution in [0.15, 0.2) is 126 Å². The Balaban J connectivity index is 0.00000336. The van der Waals surface area contributed by atoms with Crippen LogP contribution in [-0.2, 0) is 30.4 Å². The first-order valence-corrected chi connectivity index (χ1v) is 18.4. The van der Waals surface area contributed by atoms with E-state index in [4.69, 9.17) is 4.74 Å². The Bertz CT molecular complexity index is 2610. The number of aryl methyl sites for hydroxylation is 1. The monoisotopic (exact) mass is 820 g/mol. The number of anilines is 2. The molecular formula is C31H23N6Na3O11S3. The normalized spacial score (nSPS) is 11.7. The zero-order valence-corrected chi connectivity index (χ0v) is 37.6. The smallest absolute Gasteiger partial charge is 0.744 e. The standard InChI is InChI=1S/C31H26N6O11S3.3Na/c1-18-13-19(9-11-26(18)36-35-22-15-25-24(30(17-22)51(45,46)47)7-4-8-29(25)50(42,43)44)32-31(38)33-20-10-12-27(28(16-20)48-2)37-34-21-5-3-6-23(14-21)49(39,40)41;;;/h3-17H,1-2H3,(H2,32,33,38)(H,39,40,41)(H,42,43,44)(H,45,46,47);;;/q;3*+1/p-3. The number of carbonyl (C=O) groups is 1. The van der Waals surface area contributed by atoms with E-state index >= 15 is 0 Å². The van der Waals surface area contributed by atoms with Gasteiger partial charge >= 0.3 is 94.7 Å². The van der Waals surface area contributed by atoms with E-state index in [2.05, 4.69) is 31.1 Å². The van der Waals surface area contributed by atoms with Crippen molar-refractivity contribution in [2.24, 2.45) is 20.5 Å². The van der Waals surface area contributed by atoms with Crippen LogP contribution in [0.2, 0.25) is 0 Å². The number of hydrogen-bond acceptors (Lipinski definition) is 15. The summed E-state index contributed by atoms with van der Waals surface area (Å²) >= 11 is 0. The summed E-state index contributed by atoms with van der Waals surface area (Å²) in [4.78, 5) is 10.8. The van der Waals surface area contributed by atoms with E-state index in [1.807, 2.05) is 0 Å².